The van der Waals surface area contributed by atoms with E-state index in [2.05, 4.69) is 0 Å². The summed E-state index contributed by atoms with van der Waals surface area (Å²) in [5.41, 5.74) is 0. The molecule has 0 spiro atoms. The van der Waals surface area contributed by atoms with Crippen molar-refractivity contribution in [2.45, 2.75) is 30.9 Å². The van der Waals surface area contributed by atoms with Crippen molar-refractivity contribution in [1.82, 2.24) is 0 Å². The van der Waals surface area contributed by atoms with Crippen LogP contribution >= 0.6 is 11.8 Å². The number of carbonyl (C=O) groups excluding carboxylic acids is 1. The second-order valence-corrected chi connectivity index (χ2v) is 4.31. The molecule has 1 N–H and O–H groups in total. The van der Waals surface area contributed by atoms with Crippen molar-refractivity contribution in [2.24, 2.45) is 0 Å². The number of Topliss-reactive ketones (excluding diaryl/α,β-unsaturated/α-hetero) is 1. The van der Waals surface area contributed by atoms with Crippen LogP contribution in [0.25, 0.3) is 0 Å². The highest BCUT2D eigenvalue weighted by Gasteiger charge is 2.18. The highest BCUT2D eigenvalue weighted by Crippen LogP contribution is 2.29. The van der Waals surface area contributed by atoms with Crippen molar-refractivity contribution in [3.05, 3.63) is 0 Å². The number of carbonyl (C=O) groups is 2. The summed E-state index contributed by atoms with van der Waals surface area (Å²) in [6.07, 6.45) is 3.27. The van der Waals surface area contributed by atoms with Gasteiger partial charge in [-0.15, -0.1) is 0 Å². The SMILES string of the molecule is O=C(O)C(=O)CCC1CCCS1. The van der Waals surface area contributed by atoms with Crippen LogP contribution in [0.1, 0.15) is 25.7 Å². The number of carboxylic acid groups (broad SMARTS) is 1. The number of thioether (sulfide) groups is 1. The second-order valence-electron chi connectivity index (χ2n) is 2.90. The van der Waals surface area contributed by atoms with E-state index in [0.29, 0.717) is 5.25 Å². The standard InChI is InChI=1S/C8H12O3S/c9-7(8(10)11)4-3-6-2-1-5-12-6/h6H,1-5H2,(H,10,11). The van der Waals surface area contributed by atoms with Gasteiger partial charge in [0.25, 0.3) is 0 Å². The van der Waals surface area contributed by atoms with Gasteiger partial charge in [0.2, 0.25) is 5.78 Å². The minimum Gasteiger partial charge on any atom is -0.476 e. The van der Waals surface area contributed by atoms with Crippen LogP contribution in [0.4, 0.5) is 0 Å². The van der Waals surface area contributed by atoms with E-state index in [1.165, 1.54) is 6.42 Å². The average molecular weight is 188 g/mol. The summed E-state index contributed by atoms with van der Waals surface area (Å²) in [6.45, 7) is 0. The molecule has 1 unspecified atom stereocenters. The zero-order chi connectivity index (χ0) is 8.97. The molecule has 0 bridgehead atoms. The van der Waals surface area contributed by atoms with Crippen LogP contribution in [-0.4, -0.2) is 27.9 Å². The first kappa shape index (κ1) is 9.58. The molecule has 4 heteroatoms. The third-order valence-electron chi connectivity index (χ3n) is 1.96. The second kappa shape index (κ2) is 4.50. The van der Waals surface area contributed by atoms with E-state index < -0.39 is 11.8 Å². The number of hydrogen-bond acceptors (Lipinski definition) is 3. The smallest absolute Gasteiger partial charge is 0.372 e. The lowest BCUT2D eigenvalue weighted by Gasteiger charge is -2.04. The number of aliphatic carboxylic acids is 1. The molecule has 0 aliphatic carbocycles. The Hall–Kier alpha value is -0.510. The minimum atomic E-state index is -1.29. The molecule has 1 atom stereocenters. The maximum Gasteiger partial charge on any atom is 0.372 e. The third kappa shape index (κ3) is 2.85. The molecule has 1 aliphatic rings. The van der Waals surface area contributed by atoms with E-state index in [-0.39, 0.29) is 6.42 Å². The molecule has 1 rings (SSSR count). The van der Waals surface area contributed by atoms with Crippen LogP contribution in [0, 0.1) is 0 Å². The lowest BCUT2D eigenvalue weighted by molar-refractivity contribution is -0.149. The Morgan fingerprint density at radius 1 is 1.50 bits per heavy atom. The van der Waals surface area contributed by atoms with Gasteiger partial charge in [-0.3, -0.25) is 4.79 Å². The van der Waals surface area contributed by atoms with Gasteiger partial charge in [-0.05, 0) is 25.0 Å². The largest absolute Gasteiger partial charge is 0.476 e. The molecule has 0 aromatic rings. The fourth-order valence-corrected chi connectivity index (χ4v) is 2.56. The van der Waals surface area contributed by atoms with E-state index in [1.807, 2.05) is 11.8 Å². The fraction of sp³-hybridized carbons (Fsp3) is 0.750. The molecule has 3 nitrogen and oxygen atoms in total. The molecule has 0 radical (unpaired) electrons. The maximum atomic E-state index is 10.7. The van der Waals surface area contributed by atoms with E-state index >= 15 is 0 Å². The summed E-state index contributed by atoms with van der Waals surface area (Å²) < 4.78 is 0. The number of carboxylic acids is 1. The van der Waals surface area contributed by atoms with E-state index in [1.54, 1.807) is 0 Å². The highest BCUT2D eigenvalue weighted by molar-refractivity contribution is 8.00. The Bertz CT molecular complexity index is 185. The molecule has 0 aromatic heterocycles. The van der Waals surface area contributed by atoms with Gasteiger partial charge in [0.15, 0.2) is 0 Å². The lowest BCUT2D eigenvalue weighted by atomic mass is 10.1. The maximum absolute atomic E-state index is 10.7. The van der Waals surface area contributed by atoms with Gasteiger partial charge in [-0.1, -0.05) is 0 Å². The molecular formula is C8H12O3S. The zero-order valence-corrected chi connectivity index (χ0v) is 7.60. The molecule has 1 heterocycles. The van der Waals surface area contributed by atoms with E-state index in [9.17, 15) is 9.59 Å². The summed E-state index contributed by atoms with van der Waals surface area (Å²) in [5.74, 6) is -0.785. The zero-order valence-electron chi connectivity index (χ0n) is 6.78. The van der Waals surface area contributed by atoms with Crippen LogP contribution in [0.2, 0.25) is 0 Å². The summed E-state index contributed by atoms with van der Waals surface area (Å²) in [7, 11) is 0. The highest BCUT2D eigenvalue weighted by atomic mass is 32.2. The molecular weight excluding hydrogens is 176 g/mol. The lowest BCUT2D eigenvalue weighted by Crippen LogP contribution is -2.13. The first-order chi connectivity index (χ1) is 5.70. The van der Waals surface area contributed by atoms with Crippen LogP contribution in [0.15, 0.2) is 0 Å². The molecule has 0 amide bonds. The van der Waals surface area contributed by atoms with Crippen molar-refractivity contribution in [1.29, 1.82) is 0 Å². The Balaban J connectivity index is 2.16. The van der Waals surface area contributed by atoms with Crippen molar-refractivity contribution in [3.8, 4) is 0 Å². The van der Waals surface area contributed by atoms with Crippen molar-refractivity contribution in [2.75, 3.05) is 5.75 Å². The Morgan fingerprint density at radius 3 is 2.75 bits per heavy atom. The Labute approximate surface area is 75.5 Å². The fourth-order valence-electron chi connectivity index (χ4n) is 1.27. The summed E-state index contributed by atoms with van der Waals surface area (Å²) in [4.78, 5) is 20.8. The minimum absolute atomic E-state index is 0.201. The summed E-state index contributed by atoms with van der Waals surface area (Å²) >= 11 is 1.85. The quantitative estimate of drug-likeness (QED) is 0.676. The Kier molecular flexibility index (Phi) is 3.59. The molecule has 0 aromatic carbocycles. The van der Waals surface area contributed by atoms with Gasteiger partial charge >= 0.3 is 5.97 Å². The van der Waals surface area contributed by atoms with Crippen molar-refractivity contribution in [3.63, 3.8) is 0 Å². The Morgan fingerprint density at radius 2 is 2.25 bits per heavy atom. The normalized spacial score (nSPS) is 22.5. The summed E-state index contributed by atoms with van der Waals surface area (Å²) in [6, 6.07) is 0. The van der Waals surface area contributed by atoms with Gasteiger partial charge in [0.1, 0.15) is 0 Å². The van der Waals surface area contributed by atoms with Crippen LogP contribution in [0.3, 0.4) is 0 Å². The topological polar surface area (TPSA) is 54.4 Å². The van der Waals surface area contributed by atoms with Crippen LogP contribution in [0.5, 0.6) is 0 Å². The molecule has 1 aliphatic heterocycles. The van der Waals surface area contributed by atoms with Gasteiger partial charge in [-0.2, -0.15) is 11.8 Å². The third-order valence-corrected chi connectivity index (χ3v) is 3.42. The molecule has 1 fully saturated rings. The predicted octanol–water partition coefficient (Wildman–Crippen LogP) is 1.32. The molecule has 1 saturated heterocycles. The predicted molar refractivity (Wildman–Crippen MR) is 47.4 cm³/mol. The average Bonchev–Trinajstić information content (AvgIpc) is 2.51. The van der Waals surface area contributed by atoms with Gasteiger partial charge < -0.3 is 5.11 Å². The number of hydrogen-bond donors (Lipinski definition) is 1. The van der Waals surface area contributed by atoms with Crippen LogP contribution < -0.4 is 0 Å². The monoisotopic (exact) mass is 188 g/mol. The van der Waals surface area contributed by atoms with E-state index in [0.717, 1.165) is 18.6 Å². The van der Waals surface area contributed by atoms with Gasteiger partial charge in [-0.25, -0.2) is 4.79 Å². The van der Waals surface area contributed by atoms with Gasteiger partial charge in [0.05, 0.1) is 0 Å². The first-order valence-corrected chi connectivity index (χ1v) is 5.13. The van der Waals surface area contributed by atoms with Gasteiger partial charge in [0, 0.05) is 11.7 Å². The molecule has 68 valence electrons. The van der Waals surface area contributed by atoms with E-state index in [4.69, 9.17) is 5.11 Å². The molecule has 0 saturated carbocycles. The summed E-state index contributed by atoms with van der Waals surface area (Å²) in [5, 5.41) is 8.82. The van der Waals surface area contributed by atoms with Crippen molar-refractivity contribution >= 4 is 23.5 Å². The number of ketones is 1. The van der Waals surface area contributed by atoms with Crippen molar-refractivity contribution < 1.29 is 14.7 Å². The first-order valence-electron chi connectivity index (χ1n) is 4.08. The molecule has 12 heavy (non-hydrogen) atoms. The van der Waals surface area contributed by atoms with Crippen LogP contribution in [-0.2, 0) is 9.59 Å². The number of rotatable bonds is 4.